The molecule has 0 atom stereocenters. The van der Waals surface area contributed by atoms with Crippen LogP contribution in [0.15, 0.2) is 60.9 Å². The third-order valence-corrected chi connectivity index (χ3v) is 4.09. The van der Waals surface area contributed by atoms with Crippen molar-refractivity contribution in [3.8, 4) is 5.69 Å². The molecule has 136 valence electrons. The van der Waals surface area contributed by atoms with Crippen LogP contribution in [-0.2, 0) is 4.79 Å². The fourth-order valence-corrected chi connectivity index (χ4v) is 2.60. The number of halogens is 1. The van der Waals surface area contributed by atoms with Crippen LogP contribution in [-0.4, -0.2) is 34.4 Å². The second-order valence-electron chi connectivity index (χ2n) is 5.57. The van der Waals surface area contributed by atoms with Gasteiger partial charge in [0.15, 0.2) is 0 Å². The minimum Gasteiger partial charge on any atom is -0.355 e. The van der Waals surface area contributed by atoms with Gasteiger partial charge in [0.1, 0.15) is 0 Å². The highest BCUT2D eigenvalue weighted by molar-refractivity contribution is 6.47. The van der Waals surface area contributed by atoms with Crippen molar-refractivity contribution in [2.75, 3.05) is 12.4 Å². The summed E-state index contributed by atoms with van der Waals surface area (Å²) in [7, 11) is 1.50. The van der Waals surface area contributed by atoms with E-state index in [1.54, 1.807) is 0 Å². The molecular weight excluding hydrogens is 368 g/mol. The van der Waals surface area contributed by atoms with E-state index in [1.807, 2.05) is 30.3 Å². The molecular formula is C19H15ClN4O3. The summed E-state index contributed by atoms with van der Waals surface area (Å²) in [6.07, 6.45) is 2.80. The predicted molar refractivity (Wildman–Crippen MR) is 101 cm³/mol. The second-order valence-corrected chi connectivity index (χ2v) is 5.97. The van der Waals surface area contributed by atoms with Gasteiger partial charge in [0, 0.05) is 18.8 Å². The zero-order valence-electron chi connectivity index (χ0n) is 14.3. The molecule has 3 aromatic rings. The Morgan fingerprint density at radius 3 is 2.44 bits per heavy atom. The highest BCUT2D eigenvalue weighted by Crippen LogP contribution is 2.23. The third kappa shape index (κ3) is 4.04. The standard InChI is InChI=1S/C19H15ClN4O3/c1-21-18(26)12-7-8-16(15(20)9-12)23-19(27)17(25)13-10-22-24(11-13)14-5-3-2-4-6-14/h2-11H,1H3,(H,21,26)(H,23,27). The minimum absolute atomic E-state index is 0.148. The minimum atomic E-state index is -0.850. The summed E-state index contributed by atoms with van der Waals surface area (Å²) in [5.41, 5.74) is 1.49. The summed E-state index contributed by atoms with van der Waals surface area (Å²) in [6, 6.07) is 13.6. The first-order valence-electron chi connectivity index (χ1n) is 7.97. The molecule has 0 aliphatic rings. The Balaban J connectivity index is 1.74. The predicted octanol–water partition coefficient (Wildman–Crippen LogP) is 2.71. The van der Waals surface area contributed by atoms with E-state index in [0.717, 1.165) is 5.69 Å². The van der Waals surface area contributed by atoms with Crippen LogP contribution in [0.2, 0.25) is 5.02 Å². The molecule has 0 radical (unpaired) electrons. The Kier molecular flexibility index (Phi) is 5.33. The van der Waals surface area contributed by atoms with Gasteiger partial charge in [-0.15, -0.1) is 0 Å². The maximum atomic E-state index is 12.4. The highest BCUT2D eigenvalue weighted by Gasteiger charge is 2.20. The maximum Gasteiger partial charge on any atom is 0.296 e. The Morgan fingerprint density at radius 1 is 1.04 bits per heavy atom. The van der Waals surface area contributed by atoms with Crippen LogP contribution < -0.4 is 10.6 Å². The lowest BCUT2D eigenvalue weighted by Gasteiger charge is -2.07. The lowest BCUT2D eigenvalue weighted by molar-refractivity contribution is -0.112. The molecule has 0 aliphatic heterocycles. The number of nitrogens with one attached hydrogen (secondary N) is 2. The molecule has 0 bridgehead atoms. The van der Waals surface area contributed by atoms with E-state index >= 15 is 0 Å². The molecule has 0 aliphatic carbocycles. The van der Waals surface area contributed by atoms with Crippen LogP contribution in [0.3, 0.4) is 0 Å². The van der Waals surface area contributed by atoms with E-state index in [1.165, 1.54) is 42.3 Å². The fraction of sp³-hybridized carbons (Fsp3) is 0.0526. The molecule has 0 spiro atoms. The molecule has 1 aromatic heterocycles. The fourth-order valence-electron chi connectivity index (χ4n) is 2.37. The number of anilines is 1. The zero-order chi connectivity index (χ0) is 19.4. The average molecular weight is 383 g/mol. The normalized spacial score (nSPS) is 10.3. The number of benzene rings is 2. The van der Waals surface area contributed by atoms with Gasteiger partial charge in [0.25, 0.3) is 17.6 Å². The van der Waals surface area contributed by atoms with Gasteiger partial charge in [-0.25, -0.2) is 4.68 Å². The zero-order valence-corrected chi connectivity index (χ0v) is 15.0. The SMILES string of the molecule is CNC(=O)c1ccc(NC(=O)C(=O)c2cnn(-c3ccccc3)c2)c(Cl)c1. The van der Waals surface area contributed by atoms with Gasteiger partial charge in [-0.3, -0.25) is 14.4 Å². The van der Waals surface area contributed by atoms with Gasteiger partial charge in [0.05, 0.1) is 28.2 Å². The molecule has 2 amide bonds. The van der Waals surface area contributed by atoms with Crippen molar-refractivity contribution < 1.29 is 14.4 Å². The molecule has 7 nitrogen and oxygen atoms in total. The topological polar surface area (TPSA) is 93.1 Å². The Labute approximate surface area is 160 Å². The molecule has 3 rings (SSSR count). The van der Waals surface area contributed by atoms with Gasteiger partial charge < -0.3 is 10.6 Å². The summed E-state index contributed by atoms with van der Waals surface area (Å²) >= 11 is 6.09. The van der Waals surface area contributed by atoms with Gasteiger partial charge in [0.2, 0.25) is 0 Å². The number of hydrogen-bond acceptors (Lipinski definition) is 4. The largest absolute Gasteiger partial charge is 0.355 e. The number of amides is 2. The molecule has 0 saturated heterocycles. The first kappa shape index (κ1) is 18.3. The number of carbonyl (C=O) groups excluding carboxylic acids is 3. The van der Waals surface area contributed by atoms with Crippen LogP contribution in [0.25, 0.3) is 5.69 Å². The highest BCUT2D eigenvalue weighted by atomic mass is 35.5. The summed E-state index contributed by atoms with van der Waals surface area (Å²) in [5, 5.41) is 9.18. The molecule has 2 aromatic carbocycles. The number of hydrogen-bond donors (Lipinski definition) is 2. The van der Waals surface area contributed by atoms with E-state index in [0.29, 0.717) is 5.56 Å². The number of aromatic nitrogens is 2. The molecule has 1 heterocycles. The van der Waals surface area contributed by atoms with E-state index in [4.69, 9.17) is 11.6 Å². The van der Waals surface area contributed by atoms with E-state index < -0.39 is 11.7 Å². The summed E-state index contributed by atoms with van der Waals surface area (Å²) in [5.74, 6) is -1.90. The number of rotatable bonds is 5. The second kappa shape index (κ2) is 7.84. The van der Waals surface area contributed by atoms with Gasteiger partial charge in [-0.2, -0.15) is 5.10 Å². The number of ketones is 1. The smallest absolute Gasteiger partial charge is 0.296 e. The molecule has 0 fully saturated rings. The first-order valence-corrected chi connectivity index (χ1v) is 8.35. The van der Waals surface area contributed by atoms with Crippen molar-refractivity contribution in [2.24, 2.45) is 0 Å². The van der Waals surface area contributed by atoms with Crippen LogP contribution >= 0.6 is 11.6 Å². The van der Waals surface area contributed by atoms with Crippen molar-refractivity contribution in [3.63, 3.8) is 0 Å². The van der Waals surface area contributed by atoms with E-state index in [-0.39, 0.29) is 22.2 Å². The lowest BCUT2D eigenvalue weighted by Crippen LogP contribution is -2.23. The van der Waals surface area contributed by atoms with Gasteiger partial charge in [-0.1, -0.05) is 29.8 Å². The molecule has 27 heavy (non-hydrogen) atoms. The number of Topliss-reactive ketones (excluding diaryl/α,β-unsaturated/α-hetero) is 1. The Morgan fingerprint density at radius 2 is 1.78 bits per heavy atom. The van der Waals surface area contributed by atoms with Crippen LogP contribution in [0.5, 0.6) is 0 Å². The Bertz CT molecular complexity index is 1010. The molecule has 0 unspecified atom stereocenters. The van der Waals surface area contributed by atoms with Crippen LogP contribution in [0.1, 0.15) is 20.7 Å². The quantitative estimate of drug-likeness (QED) is 0.524. The van der Waals surface area contributed by atoms with Crippen molar-refractivity contribution in [2.45, 2.75) is 0 Å². The van der Waals surface area contributed by atoms with Crippen molar-refractivity contribution in [1.29, 1.82) is 0 Å². The van der Waals surface area contributed by atoms with Gasteiger partial charge >= 0.3 is 0 Å². The monoisotopic (exact) mass is 382 g/mol. The van der Waals surface area contributed by atoms with Crippen LogP contribution in [0.4, 0.5) is 5.69 Å². The van der Waals surface area contributed by atoms with Crippen molar-refractivity contribution in [3.05, 3.63) is 77.1 Å². The summed E-state index contributed by atoms with van der Waals surface area (Å²) in [6.45, 7) is 0. The van der Waals surface area contributed by atoms with E-state index in [2.05, 4.69) is 15.7 Å². The summed E-state index contributed by atoms with van der Waals surface area (Å²) in [4.78, 5) is 36.2. The van der Waals surface area contributed by atoms with Crippen molar-refractivity contribution in [1.82, 2.24) is 15.1 Å². The number of nitrogens with zero attached hydrogens (tertiary/aromatic N) is 2. The van der Waals surface area contributed by atoms with Crippen molar-refractivity contribution >= 4 is 34.9 Å². The number of para-hydroxylation sites is 1. The lowest BCUT2D eigenvalue weighted by atomic mass is 10.1. The molecule has 8 heteroatoms. The molecule has 0 saturated carbocycles. The Hall–Kier alpha value is -3.45. The van der Waals surface area contributed by atoms with Gasteiger partial charge in [-0.05, 0) is 30.3 Å². The average Bonchev–Trinajstić information content (AvgIpc) is 3.19. The first-order chi connectivity index (χ1) is 13.0. The van der Waals surface area contributed by atoms with E-state index in [9.17, 15) is 14.4 Å². The van der Waals surface area contributed by atoms with Crippen LogP contribution in [0, 0.1) is 0 Å². The number of carbonyl (C=O) groups is 3. The third-order valence-electron chi connectivity index (χ3n) is 3.78. The maximum absolute atomic E-state index is 12.4. The summed E-state index contributed by atoms with van der Waals surface area (Å²) < 4.78 is 1.51. The molecule has 2 N–H and O–H groups in total.